The second kappa shape index (κ2) is 13.0. The number of nitrogens with one attached hydrogen (secondary N) is 1. The Hall–Kier alpha value is -3.87. The lowest BCUT2D eigenvalue weighted by Gasteiger charge is -2.39. The van der Waals surface area contributed by atoms with Crippen LogP contribution < -0.4 is 20.7 Å². The van der Waals surface area contributed by atoms with Crippen molar-refractivity contribution in [3.8, 4) is 11.6 Å². The molecule has 2 atom stereocenters. The number of carbonyl (C=O) groups excluding carboxylic acids is 1. The lowest BCUT2D eigenvalue weighted by atomic mass is 9.76. The summed E-state index contributed by atoms with van der Waals surface area (Å²) in [6.07, 6.45) is -0.811. The fourth-order valence-electron chi connectivity index (χ4n) is 6.11. The van der Waals surface area contributed by atoms with Crippen LogP contribution in [0.5, 0.6) is 5.88 Å². The summed E-state index contributed by atoms with van der Waals surface area (Å²) in [5.41, 5.74) is 7.62. The fraction of sp³-hybridized carbons (Fsp3) is 0.548. The Labute approximate surface area is 255 Å². The summed E-state index contributed by atoms with van der Waals surface area (Å²) in [7, 11) is 0. The van der Waals surface area contributed by atoms with Crippen molar-refractivity contribution in [2.24, 2.45) is 5.41 Å². The van der Waals surface area contributed by atoms with Crippen LogP contribution in [0, 0.1) is 12.3 Å². The van der Waals surface area contributed by atoms with Crippen molar-refractivity contribution in [3.63, 3.8) is 0 Å². The molecule has 0 radical (unpaired) electrons. The van der Waals surface area contributed by atoms with Gasteiger partial charge in [-0.05, 0) is 75.1 Å². The summed E-state index contributed by atoms with van der Waals surface area (Å²) in [5.74, 6) is -0.279. The molecule has 238 valence electrons. The number of esters is 1. The Bertz CT molecular complexity index is 1450. The normalized spacial score (nSPS) is 18.9. The number of rotatable bonds is 10. The number of benzene rings is 1. The van der Waals surface area contributed by atoms with Gasteiger partial charge in [-0.1, -0.05) is 19.4 Å². The van der Waals surface area contributed by atoms with Crippen LogP contribution in [-0.4, -0.2) is 64.2 Å². The first kappa shape index (κ1) is 31.6. The molecule has 0 amide bonds. The molecular formula is C31H40F3N7O3. The van der Waals surface area contributed by atoms with Crippen molar-refractivity contribution >= 4 is 17.7 Å². The third-order valence-corrected chi connectivity index (χ3v) is 8.48. The maximum absolute atomic E-state index is 14.8. The van der Waals surface area contributed by atoms with E-state index in [1.54, 1.807) is 38.2 Å². The molecule has 2 aliphatic rings. The molecule has 0 aliphatic carbocycles. The van der Waals surface area contributed by atoms with E-state index in [0.29, 0.717) is 50.6 Å². The van der Waals surface area contributed by atoms with Crippen LogP contribution in [0.1, 0.15) is 68.9 Å². The molecule has 10 nitrogen and oxygen atoms in total. The molecule has 1 aromatic carbocycles. The van der Waals surface area contributed by atoms with Crippen molar-refractivity contribution in [2.45, 2.75) is 77.6 Å². The van der Waals surface area contributed by atoms with Gasteiger partial charge < -0.3 is 25.4 Å². The van der Waals surface area contributed by atoms with E-state index in [-0.39, 0.29) is 40.5 Å². The number of aryl methyl sites for hydroxylation is 2. The molecule has 0 unspecified atom stereocenters. The molecule has 2 aromatic heterocycles. The van der Waals surface area contributed by atoms with Crippen molar-refractivity contribution in [2.75, 3.05) is 36.9 Å². The number of piperidine rings is 1. The maximum atomic E-state index is 14.8. The van der Waals surface area contributed by atoms with Crippen LogP contribution in [0.25, 0.3) is 5.69 Å². The van der Waals surface area contributed by atoms with Crippen molar-refractivity contribution in [1.29, 1.82) is 0 Å². The molecule has 44 heavy (non-hydrogen) atoms. The molecule has 1 spiro atoms. The molecule has 4 heterocycles. The van der Waals surface area contributed by atoms with E-state index in [0.717, 1.165) is 31.2 Å². The highest BCUT2D eigenvalue weighted by atomic mass is 19.4. The predicted octanol–water partition coefficient (Wildman–Crippen LogP) is 5.09. The van der Waals surface area contributed by atoms with Crippen LogP contribution in [0.3, 0.4) is 0 Å². The maximum Gasteiger partial charge on any atom is 0.429 e. The third-order valence-electron chi connectivity index (χ3n) is 8.48. The molecule has 0 bridgehead atoms. The minimum atomic E-state index is -4.76. The Kier molecular flexibility index (Phi) is 9.33. The number of anilines is 2. The number of hydrogen-bond donors (Lipinski definition) is 2. The summed E-state index contributed by atoms with van der Waals surface area (Å²) >= 11 is 0. The van der Waals surface area contributed by atoms with Crippen molar-refractivity contribution in [3.05, 3.63) is 53.3 Å². The van der Waals surface area contributed by atoms with E-state index in [9.17, 15) is 18.0 Å². The van der Waals surface area contributed by atoms with E-state index < -0.39 is 12.3 Å². The summed E-state index contributed by atoms with van der Waals surface area (Å²) in [6.45, 7) is 7.82. The lowest BCUT2D eigenvalue weighted by Crippen LogP contribution is -2.41. The average Bonchev–Trinajstić information content (AvgIpc) is 3.61. The van der Waals surface area contributed by atoms with Crippen molar-refractivity contribution in [1.82, 2.24) is 25.1 Å². The number of nitrogens with zero attached hydrogens (tertiary/aromatic N) is 5. The number of carbonyl (C=O) groups is 1. The molecule has 2 fully saturated rings. The SMILES string of the molecule is CCCCc1ccc(-n2ccc(C)n2)c([C@@H](Oc2cc(N3CCC4(CC3)CN[C@H](C(=O)OCC)C4)nc(N)n2)C(F)(F)F)c1. The predicted molar refractivity (Wildman–Crippen MR) is 160 cm³/mol. The molecule has 5 rings (SSSR count). The van der Waals surface area contributed by atoms with Crippen LogP contribution in [0.2, 0.25) is 0 Å². The first-order chi connectivity index (χ1) is 21.0. The fourth-order valence-corrected chi connectivity index (χ4v) is 6.11. The molecule has 3 N–H and O–H groups in total. The number of alkyl halides is 3. The largest absolute Gasteiger partial charge is 0.465 e. The molecule has 2 aliphatic heterocycles. The number of ether oxygens (including phenoxy) is 2. The summed E-state index contributed by atoms with van der Waals surface area (Å²) in [6, 6.07) is 7.86. The second-order valence-corrected chi connectivity index (χ2v) is 11.7. The van der Waals surface area contributed by atoms with Gasteiger partial charge in [0, 0.05) is 37.5 Å². The minimum Gasteiger partial charge on any atom is -0.465 e. The Morgan fingerprint density at radius 3 is 2.61 bits per heavy atom. The summed E-state index contributed by atoms with van der Waals surface area (Å²) < 4.78 is 56.6. The van der Waals surface area contributed by atoms with E-state index in [1.165, 1.54) is 10.7 Å². The van der Waals surface area contributed by atoms with E-state index in [4.69, 9.17) is 15.2 Å². The first-order valence-corrected chi connectivity index (χ1v) is 15.2. The average molecular weight is 616 g/mol. The van der Waals surface area contributed by atoms with Crippen molar-refractivity contribution < 1.29 is 27.4 Å². The molecule has 3 aromatic rings. The van der Waals surface area contributed by atoms with Crippen LogP contribution in [0.4, 0.5) is 24.9 Å². The summed E-state index contributed by atoms with van der Waals surface area (Å²) in [5, 5.41) is 7.65. The quantitative estimate of drug-likeness (QED) is 0.301. The molecular weight excluding hydrogens is 575 g/mol. The monoisotopic (exact) mass is 615 g/mol. The van der Waals surface area contributed by atoms with Crippen LogP contribution >= 0.6 is 0 Å². The van der Waals surface area contributed by atoms with Gasteiger partial charge in [0.1, 0.15) is 11.9 Å². The minimum absolute atomic E-state index is 0.0576. The standard InChI is InChI=1S/C31H40F3N7O3/c1-4-6-7-21-8-9-24(41-13-10-20(3)39-41)22(16-21)27(31(32,33)34)44-26-17-25(37-29(35)38-26)40-14-11-30(12-15-40)18-23(36-19-30)28(42)43-5-2/h8-10,13,16-17,23,27,36H,4-7,11-12,14-15,18-19H2,1-3H3,(H2,35,37,38)/t23-,27+/m0/s1. The molecule has 13 heteroatoms. The first-order valence-electron chi connectivity index (χ1n) is 15.2. The zero-order chi connectivity index (χ0) is 31.5. The number of nitrogen functional groups attached to an aromatic ring is 1. The number of unbranched alkanes of at least 4 members (excludes halogenated alkanes) is 1. The highest BCUT2D eigenvalue weighted by Crippen LogP contribution is 2.42. The van der Waals surface area contributed by atoms with Gasteiger partial charge in [-0.25, -0.2) is 4.68 Å². The lowest BCUT2D eigenvalue weighted by molar-refractivity contribution is -0.198. The van der Waals surface area contributed by atoms with Crippen LogP contribution in [-0.2, 0) is 16.0 Å². The number of nitrogens with two attached hydrogens (primary N) is 1. The van der Waals surface area contributed by atoms with E-state index in [1.807, 2.05) is 17.9 Å². The Morgan fingerprint density at radius 1 is 1.18 bits per heavy atom. The topological polar surface area (TPSA) is 120 Å². The van der Waals surface area contributed by atoms with E-state index in [2.05, 4.69) is 20.4 Å². The van der Waals surface area contributed by atoms with Gasteiger partial charge in [-0.2, -0.15) is 28.2 Å². The Balaban J connectivity index is 1.39. The van der Waals surface area contributed by atoms with Gasteiger partial charge in [-0.3, -0.25) is 4.79 Å². The second-order valence-electron chi connectivity index (χ2n) is 11.7. The highest BCUT2D eigenvalue weighted by Gasteiger charge is 2.46. The highest BCUT2D eigenvalue weighted by molar-refractivity contribution is 5.76. The smallest absolute Gasteiger partial charge is 0.429 e. The zero-order valence-corrected chi connectivity index (χ0v) is 25.4. The summed E-state index contributed by atoms with van der Waals surface area (Å²) in [4.78, 5) is 22.6. The molecule has 2 saturated heterocycles. The number of halogens is 3. The van der Waals surface area contributed by atoms with Gasteiger partial charge in [-0.15, -0.1) is 0 Å². The molecule has 0 saturated carbocycles. The number of aromatic nitrogens is 4. The Morgan fingerprint density at radius 2 is 1.95 bits per heavy atom. The zero-order valence-electron chi connectivity index (χ0n) is 25.4. The van der Waals surface area contributed by atoms with Gasteiger partial charge in [0.2, 0.25) is 17.9 Å². The van der Waals surface area contributed by atoms with Crippen LogP contribution in [0.15, 0.2) is 36.5 Å². The third kappa shape index (κ3) is 7.09. The van der Waals surface area contributed by atoms with Gasteiger partial charge in [0.15, 0.2) is 0 Å². The van der Waals surface area contributed by atoms with Gasteiger partial charge >= 0.3 is 12.1 Å². The van der Waals surface area contributed by atoms with Gasteiger partial charge in [0.05, 0.1) is 18.0 Å². The van der Waals surface area contributed by atoms with Gasteiger partial charge in [0.25, 0.3) is 0 Å². The number of hydrogen-bond acceptors (Lipinski definition) is 9. The van der Waals surface area contributed by atoms with E-state index >= 15 is 0 Å².